The van der Waals surface area contributed by atoms with Crippen LogP contribution in [0.1, 0.15) is 33.3 Å². The topological polar surface area (TPSA) is 15.3 Å². The summed E-state index contributed by atoms with van der Waals surface area (Å²) in [5.74, 6) is 0. The number of benzene rings is 1. The summed E-state index contributed by atoms with van der Waals surface area (Å²) in [6.45, 7) is 11.3. The number of nitrogens with one attached hydrogen (secondary N) is 1. The molecular formula is C15H24N2. The molecule has 1 heterocycles. The van der Waals surface area contributed by atoms with E-state index < -0.39 is 0 Å². The van der Waals surface area contributed by atoms with Crippen molar-refractivity contribution in [2.45, 2.75) is 45.3 Å². The highest BCUT2D eigenvalue weighted by Gasteiger charge is 2.39. The molecule has 0 spiro atoms. The van der Waals surface area contributed by atoms with Crippen molar-refractivity contribution in [3.05, 3.63) is 35.9 Å². The van der Waals surface area contributed by atoms with Gasteiger partial charge >= 0.3 is 0 Å². The van der Waals surface area contributed by atoms with E-state index in [1.807, 2.05) is 0 Å². The molecule has 1 N–H and O–H groups in total. The first kappa shape index (κ1) is 12.6. The lowest BCUT2D eigenvalue weighted by atomic mass is 9.86. The van der Waals surface area contributed by atoms with E-state index in [-0.39, 0.29) is 5.54 Å². The summed E-state index contributed by atoms with van der Waals surface area (Å²) >= 11 is 0. The molecule has 17 heavy (non-hydrogen) atoms. The second-order valence-electron chi connectivity index (χ2n) is 5.67. The van der Waals surface area contributed by atoms with Crippen molar-refractivity contribution in [2.75, 3.05) is 13.1 Å². The lowest BCUT2D eigenvalue weighted by Gasteiger charge is -2.50. The van der Waals surface area contributed by atoms with Crippen LogP contribution >= 0.6 is 0 Å². The summed E-state index contributed by atoms with van der Waals surface area (Å²) in [5, 5.41) is 3.61. The summed E-state index contributed by atoms with van der Waals surface area (Å²) in [4.78, 5) is 2.61. The smallest absolute Gasteiger partial charge is 0.0560 e. The standard InChI is InChI=1S/C15H24N2/c1-12(2)17-10-13(3)16-11-15(17,4)14-8-6-5-7-9-14/h5-9,12-13,16H,10-11H2,1-4H3. The van der Waals surface area contributed by atoms with Crippen LogP contribution in [0.25, 0.3) is 0 Å². The Hall–Kier alpha value is -0.860. The molecule has 94 valence electrons. The van der Waals surface area contributed by atoms with Crippen LogP contribution in [0, 0.1) is 0 Å². The highest BCUT2D eigenvalue weighted by atomic mass is 15.3. The zero-order chi connectivity index (χ0) is 12.5. The van der Waals surface area contributed by atoms with E-state index in [9.17, 15) is 0 Å². The zero-order valence-electron chi connectivity index (χ0n) is 11.4. The van der Waals surface area contributed by atoms with Crippen LogP contribution in [0.3, 0.4) is 0 Å². The fourth-order valence-corrected chi connectivity index (χ4v) is 2.88. The molecule has 0 saturated carbocycles. The van der Waals surface area contributed by atoms with Gasteiger partial charge in [-0.15, -0.1) is 0 Å². The van der Waals surface area contributed by atoms with Gasteiger partial charge in [-0.2, -0.15) is 0 Å². The van der Waals surface area contributed by atoms with Gasteiger partial charge in [-0.05, 0) is 33.3 Å². The number of nitrogens with zero attached hydrogens (tertiary/aromatic N) is 1. The molecule has 1 saturated heterocycles. The van der Waals surface area contributed by atoms with Crippen LogP contribution in [0.2, 0.25) is 0 Å². The first-order chi connectivity index (χ1) is 8.04. The van der Waals surface area contributed by atoms with Gasteiger partial charge in [-0.3, -0.25) is 4.90 Å². The molecule has 1 aromatic carbocycles. The largest absolute Gasteiger partial charge is 0.311 e. The predicted octanol–water partition coefficient (Wildman–Crippen LogP) is 2.60. The Morgan fingerprint density at radius 2 is 1.94 bits per heavy atom. The van der Waals surface area contributed by atoms with Crippen molar-refractivity contribution in [1.82, 2.24) is 10.2 Å². The van der Waals surface area contributed by atoms with E-state index in [4.69, 9.17) is 0 Å². The summed E-state index contributed by atoms with van der Waals surface area (Å²) in [6, 6.07) is 12.0. The number of hydrogen-bond acceptors (Lipinski definition) is 2. The van der Waals surface area contributed by atoms with Crippen molar-refractivity contribution < 1.29 is 0 Å². The molecule has 2 unspecified atom stereocenters. The first-order valence-corrected chi connectivity index (χ1v) is 6.59. The summed E-state index contributed by atoms with van der Waals surface area (Å²) in [6.07, 6.45) is 0. The minimum Gasteiger partial charge on any atom is -0.311 e. The van der Waals surface area contributed by atoms with Crippen LogP contribution in [0.5, 0.6) is 0 Å². The molecule has 2 rings (SSSR count). The fourth-order valence-electron chi connectivity index (χ4n) is 2.88. The highest BCUT2D eigenvalue weighted by molar-refractivity contribution is 5.25. The van der Waals surface area contributed by atoms with Crippen LogP contribution in [-0.4, -0.2) is 30.1 Å². The van der Waals surface area contributed by atoms with E-state index in [0.29, 0.717) is 12.1 Å². The van der Waals surface area contributed by atoms with Gasteiger partial charge in [0.2, 0.25) is 0 Å². The highest BCUT2D eigenvalue weighted by Crippen LogP contribution is 2.32. The lowest BCUT2D eigenvalue weighted by molar-refractivity contribution is 0.0254. The lowest BCUT2D eigenvalue weighted by Crippen LogP contribution is -2.62. The molecule has 1 aromatic rings. The fraction of sp³-hybridized carbons (Fsp3) is 0.600. The average molecular weight is 232 g/mol. The predicted molar refractivity (Wildman–Crippen MR) is 73.1 cm³/mol. The first-order valence-electron chi connectivity index (χ1n) is 6.59. The summed E-state index contributed by atoms with van der Waals surface area (Å²) < 4.78 is 0. The third kappa shape index (κ3) is 2.38. The van der Waals surface area contributed by atoms with Crippen molar-refractivity contribution in [1.29, 1.82) is 0 Å². The van der Waals surface area contributed by atoms with Gasteiger partial charge in [0.1, 0.15) is 0 Å². The molecule has 0 aromatic heterocycles. The van der Waals surface area contributed by atoms with Crippen LogP contribution < -0.4 is 5.32 Å². The molecule has 0 amide bonds. The summed E-state index contributed by atoms with van der Waals surface area (Å²) in [5.41, 5.74) is 1.52. The molecule has 2 heteroatoms. The van der Waals surface area contributed by atoms with Gasteiger partial charge in [0.15, 0.2) is 0 Å². The summed E-state index contributed by atoms with van der Waals surface area (Å²) in [7, 11) is 0. The number of piperazine rings is 1. The zero-order valence-corrected chi connectivity index (χ0v) is 11.4. The average Bonchev–Trinajstić information content (AvgIpc) is 2.33. The molecule has 1 fully saturated rings. The van der Waals surface area contributed by atoms with Crippen LogP contribution in [0.15, 0.2) is 30.3 Å². The van der Waals surface area contributed by atoms with Crippen molar-refractivity contribution in [3.8, 4) is 0 Å². The van der Waals surface area contributed by atoms with Crippen molar-refractivity contribution >= 4 is 0 Å². The molecular weight excluding hydrogens is 208 g/mol. The Morgan fingerprint density at radius 1 is 1.29 bits per heavy atom. The van der Waals surface area contributed by atoms with Gasteiger partial charge in [0.05, 0.1) is 5.54 Å². The third-order valence-electron chi connectivity index (χ3n) is 3.92. The second-order valence-corrected chi connectivity index (χ2v) is 5.67. The minimum atomic E-state index is 0.113. The molecule has 0 radical (unpaired) electrons. The Labute approximate surface area is 105 Å². The molecule has 0 aliphatic carbocycles. The van der Waals surface area contributed by atoms with Crippen LogP contribution in [-0.2, 0) is 5.54 Å². The minimum absolute atomic E-state index is 0.113. The van der Waals surface area contributed by atoms with E-state index in [1.54, 1.807) is 0 Å². The molecule has 2 nitrogen and oxygen atoms in total. The van der Waals surface area contributed by atoms with E-state index in [1.165, 1.54) is 5.56 Å². The van der Waals surface area contributed by atoms with E-state index >= 15 is 0 Å². The molecule has 1 aliphatic heterocycles. The Morgan fingerprint density at radius 3 is 2.53 bits per heavy atom. The molecule has 0 bridgehead atoms. The van der Waals surface area contributed by atoms with Crippen molar-refractivity contribution in [3.63, 3.8) is 0 Å². The van der Waals surface area contributed by atoms with Gasteiger partial charge in [-0.25, -0.2) is 0 Å². The number of rotatable bonds is 2. The molecule has 1 aliphatic rings. The van der Waals surface area contributed by atoms with Crippen LogP contribution in [0.4, 0.5) is 0 Å². The van der Waals surface area contributed by atoms with Gasteiger partial charge < -0.3 is 5.32 Å². The maximum atomic E-state index is 3.61. The normalized spacial score (nSPS) is 30.8. The van der Waals surface area contributed by atoms with Crippen molar-refractivity contribution in [2.24, 2.45) is 0 Å². The monoisotopic (exact) mass is 232 g/mol. The van der Waals surface area contributed by atoms with Gasteiger partial charge in [0.25, 0.3) is 0 Å². The Balaban J connectivity index is 2.33. The quantitative estimate of drug-likeness (QED) is 0.843. The Bertz CT molecular complexity index is 360. The maximum Gasteiger partial charge on any atom is 0.0560 e. The number of hydrogen-bond donors (Lipinski definition) is 1. The molecule has 2 atom stereocenters. The maximum absolute atomic E-state index is 3.61. The van der Waals surface area contributed by atoms with Gasteiger partial charge in [0, 0.05) is 25.2 Å². The van der Waals surface area contributed by atoms with Gasteiger partial charge in [-0.1, -0.05) is 30.3 Å². The van der Waals surface area contributed by atoms with E-state index in [0.717, 1.165) is 13.1 Å². The Kier molecular flexibility index (Phi) is 3.55. The SMILES string of the molecule is CC1CN(C(C)C)C(C)(c2ccccc2)CN1. The van der Waals surface area contributed by atoms with E-state index in [2.05, 4.69) is 68.2 Å². The second kappa shape index (κ2) is 4.79. The third-order valence-corrected chi connectivity index (χ3v) is 3.92.